The van der Waals surface area contributed by atoms with Crippen LogP contribution in [0.5, 0.6) is 0 Å². The van der Waals surface area contributed by atoms with Crippen molar-refractivity contribution in [1.82, 2.24) is 19.9 Å². The van der Waals surface area contributed by atoms with Crippen molar-refractivity contribution in [2.45, 2.75) is 58.0 Å². The normalized spacial score (nSPS) is 20.0. The molecule has 0 aromatic carbocycles. The first-order valence-corrected chi connectivity index (χ1v) is 11.0. The largest absolute Gasteiger partial charge is 0.393 e. The second-order valence-corrected chi connectivity index (χ2v) is 8.69. The first-order valence-electron chi connectivity index (χ1n) is 11.0. The highest BCUT2D eigenvalue weighted by Crippen LogP contribution is 2.37. The van der Waals surface area contributed by atoms with Crippen LogP contribution in [0.15, 0.2) is 30.7 Å². The predicted molar refractivity (Wildman–Crippen MR) is 122 cm³/mol. The average Bonchev–Trinajstić information content (AvgIpc) is 2.75. The Balaban J connectivity index is 1.73. The third-order valence-electron chi connectivity index (χ3n) is 5.98. The maximum atomic E-state index is 9.94. The molecule has 31 heavy (non-hydrogen) atoms. The molecule has 1 atom stereocenters. The van der Waals surface area contributed by atoms with E-state index in [-0.39, 0.29) is 6.10 Å². The maximum Gasteiger partial charge on any atom is 0.141 e. The summed E-state index contributed by atoms with van der Waals surface area (Å²) in [6.45, 7) is 4.79. The molecule has 1 aliphatic rings. The molecule has 1 saturated carbocycles. The Morgan fingerprint density at radius 2 is 1.97 bits per heavy atom. The van der Waals surface area contributed by atoms with Gasteiger partial charge in [0.05, 0.1) is 17.0 Å². The molecule has 2 N–H and O–H groups in total. The van der Waals surface area contributed by atoms with Gasteiger partial charge in [0.15, 0.2) is 0 Å². The van der Waals surface area contributed by atoms with Crippen LogP contribution in [0.4, 0.5) is 11.5 Å². The summed E-state index contributed by atoms with van der Waals surface area (Å²) in [4.78, 5) is 18.7. The van der Waals surface area contributed by atoms with Crippen molar-refractivity contribution in [2.75, 3.05) is 19.0 Å². The molecule has 0 bridgehead atoms. The number of anilines is 2. The number of aryl methyl sites for hydroxylation is 1. The highest BCUT2D eigenvalue weighted by Gasteiger charge is 2.24. The van der Waals surface area contributed by atoms with Crippen LogP contribution >= 0.6 is 0 Å². The molecule has 3 aromatic heterocycles. The van der Waals surface area contributed by atoms with Gasteiger partial charge in [-0.25, -0.2) is 15.0 Å². The van der Waals surface area contributed by atoms with Crippen molar-refractivity contribution in [3.05, 3.63) is 47.8 Å². The molecule has 0 amide bonds. The van der Waals surface area contributed by atoms with E-state index in [0.29, 0.717) is 18.4 Å². The molecule has 164 valence electrons. The molecule has 0 unspecified atom stereocenters. The van der Waals surface area contributed by atoms with Gasteiger partial charge in [-0.3, -0.25) is 4.98 Å². The Hall–Kier alpha value is -2.64. The van der Waals surface area contributed by atoms with Crippen molar-refractivity contribution >= 4 is 22.4 Å². The first kappa shape index (κ1) is 21.6. The third kappa shape index (κ3) is 5.17. The van der Waals surface area contributed by atoms with Gasteiger partial charge >= 0.3 is 0 Å². The second-order valence-electron chi connectivity index (χ2n) is 8.69. The predicted octanol–water partition coefficient (Wildman–Crippen LogP) is 4.32. The van der Waals surface area contributed by atoms with E-state index in [2.05, 4.69) is 22.2 Å². The van der Waals surface area contributed by atoms with Crippen LogP contribution in [0.2, 0.25) is 0 Å². The lowest BCUT2D eigenvalue weighted by Gasteiger charge is -2.26. The van der Waals surface area contributed by atoms with Crippen molar-refractivity contribution in [2.24, 2.45) is 5.92 Å². The van der Waals surface area contributed by atoms with Gasteiger partial charge in [0, 0.05) is 55.7 Å². The quantitative estimate of drug-likeness (QED) is 0.587. The average molecular weight is 422 g/mol. The number of aromatic nitrogens is 4. The number of hydrogen-bond acceptors (Lipinski definition) is 7. The summed E-state index contributed by atoms with van der Waals surface area (Å²) in [7, 11) is 1.72. The zero-order valence-electron chi connectivity index (χ0n) is 18.5. The third-order valence-corrected chi connectivity index (χ3v) is 5.98. The Morgan fingerprint density at radius 3 is 2.71 bits per heavy atom. The summed E-state index contributed by atoms with van der Waals surface area (Å²) < 4.78 is 5.28. The second kappa shape index (κ2) is 9.66. The van der Waals surface area contributed by atoms with E-state index < -0.39 is 0 Å². The number of ether oxygens (including phenoxy) is 1. The van der Waals surface area contributed by atoms with Gasteiger partial charge in [-0.05, 0) is 56.6 Å². The zero-order chi connectivity index (χ0) is 21.8. The Kier molecular flexibility index (Phi) is 6.73. The maximum absolute atomic E-state index is 9.94. The molecule has 0 aliphatic heterocycles. The molecular weight excluding hydrogens is 390 g/mol. The summed E-state index contributed by atoms with van der Waals surface area (Å²) >= 11 is 0. The molecule has 7 heteroatoms. The first-order chi connectivity index (χ1) is 15.0. The van der Waals surface area contributed by atoms with E-state index in [9.17, 15) is 5.11 Å². The SMILES string of the molecule is COC[C@H](C)Cc1ncc2c(Nc3ccnc(C)c3)ncc(C3CCC(O)CC3)c2n1. The molecule has 0 spiro atoms. The lowest BCUT2D eigenvalue weighted by Crippen LogP contribution is -2.18. The molecule has 7 nitrogen and oxygen atoms in total. The van der Waals surface area contributed by atoms with Gasteiger partial charge in [-0.15, -0.1) is 0 Å². The van der Waals surface area contributed by atoms with Crippen LogP contribution in [0.25, 0.3) is 10.9 Å². The molecule has 0 saturated heterocycles. The standard InChI is InChI=1S/C24H31N5O2/c1-15(14-31-3)10-22-26-13-21-23(29-22)20(17-4-6-19(30)7-5-17)12-27-24(21)28-18-8-9-25-16(2)11-18/h8-9,11-13,15,17,19,30H,4-7,10,14H2,1-3H3,(H,25,27,28)/t15-,17?,19?/m1/s1. The molecule has 3 heterocycles. The van der Waals surface area contributed by atoms with E-state index in [1.54, 1.807) is 13.3 Å². The van der Waals surface area contributed by atoms with Crippen molar-refractivity contribution in [3.63, 3.8) is 0 Å². The molecule has 3 aromatic rings. The fourth-order valence-electron chi connectivity index (χ4n) is 4.38. The van der Waals surface area contributed by atoms with Gasteiger partial charge in [-0.1, -0.05) is 6.92 Å². The summed E-state index contributed by atoms with van der Waals surface area (Å²) in [5, 5.41) is 14.3. The lowest BCUT2D eigenvalue weighted by molar-refractivity contribution is 0.122. The van der Waals surface area contributed by atoms with Crippen molar-refractivity contribution in [1.29, 1.82) is 0 Å². The number of pyridine rings is 2. The van der Waals surface area contributed by atoms with Crippen LogP contribution in [-0.2, 0) is 11.2 Å². The summed E-state index contributed by atoms with van der Waals surface area (Å²) in [6.07, 6.45) is 9.76. The molecule has 4 rings (SSSR count). The van der Waals surface area contributed by atoms with Gasteiger partial charge in [0.1, 0.15) is 11.6 Å². The topological polar surface area (TPSA) is 93.0 Å². The van der Waals surface area contributed by atoms with E-state index in [1.807, 2.05) is 31.5 Å². The minimum absolute atomic E-state index is 0.188. The van der Waals surface area contributed by atoms with Gasteiger partial charge in [-0.2, -0.15) is 0 Å². The Bertz CT molecular complexity index is 1030. The number of aliphatic hydroxyl groups excluding tert-OH is 1. The lowest BCUT2D eigenvalue weighted by atomic mass is 9.82. The number of aliphatic hydroxyl groups is 1. The molecule has 1 fully saturated rings. The number of rotatable bonds is 7. The van der Waals surface area contributed by atoms with E-state index >= 15 is 0 Å². The zero-order valence-corrected chi connectivity index (χ0v) is 18.5. The summed E-state index contributed by atoms with van der Waals surface area (Å²) in [6, 6.07) is 3.92. The fraction of sp³-hybridized carbons (Fsp3) is 0.500. The van der Waals surface area contributed by atoms with E-state index in [4.69, 9.17) is 14.7 Å². The Morgan fingerprint density at radius 1 is 1.16 bits per heavy atom. The minimum atomic E-state index is -0.188. The highest BCUT2D eigenvalue weighted by molar-refractivity contribution is 5.92. The van der Waals surface area contributed by atoms with Crippen molar-refractivity contribution in [3.8, 4) is 0 Å². The van der Waals surface area contributed by atoms with Crippen LogP contribution < -0.4 is 5.32 Å². The smallest absolute Gasteiger partial charge is 0.141 e. The highest BCUT2D eigenvalue weighted by atomic mass is 16.5. The number of fused-ring (bicyclic) bond motifs is 1. The van der Waals surface area contributed by atoms with Crippen LogP contribution in [0, 0.1) is 12.8 Å². The number of nitrogens with one attached hydrogen (secondary N) is 1. The fourth-order valence-corrected chi connectivity index (χ4v) is 4.38. The monoisotopic (exact) mass is 421 g/mol. The van der Waals surface area contributed by atoms with E-state index in [0.717, 1.165) is 71.6 Å². The number of hydrogen-bond donors (Lipinski definition) is 2. The molecule has 1 aliphatic carbocycles. The Labute approximate surface area is 183 Å². The molecule has 0 radical (unpaired) electrons. The number of nitrogens with zero attached hydrogens (tertiary/aromatic N) is 4. The molecular formula is C24H31N5O2. The van der Waals surface area contributed by atoms with Crippen LogP contribution in [0.1, 0.15) is 55.6 Å². The van der Waals surface area contributed by atoms with Crippen LogP contribution in [0.3, 0.4) is 0 Å². The van der Waals surface area contributed by atoms with Gasteiger partial charge in [0.25, 0.3) is 0 Å². The summed E-state index contributed by atoms with van der Waals surface area (Å²) in [5.41, 5.74) is 3.99. The van der Waals surface area contributed by atoms with E-state index in [1.165, 1.54) is 0 Å². The van der Waals surface area contributed by atoms with Crippen LogP contribution in [-0.4, -0.2) is 44.9 Å². The van der Waals surface area contributed by atoms with Gasteiger partial charge < -0.3 is 15.2 Å². The summed E-state index contributed by atoms with van der Waals surface area (Å²) in [5.74, 6) is 2.27. The number of methoxy groups -OCH3 is 1. The van der Waals surface area contributed by atoms with Gasteiger partial charge in [0.2, 0.25) is 0 Å². The minimum Gasteiger partial charge on any atom is -0.393 e. The van der Waals surface area contributed by atoms with Crippen molar-refractivity contribution < 1.29 is 9.84 Å².